The Balaban J connectivity index is 2.38. The number of hydrogen-bond acceptors (Lipinski definition) is 7. The van der Waals surface area contributed by atoms with Crippen molar-refractivity contribution >= 4 is 23.0 Å². The van der Waals surface area contributed by atoms with E-state index >= 15 is 0 Å². The van der Waals surface area contributed by atoms with Crippen molar-refractivity contribution in [3.63, 3.8) is 0 Å². The summed E-state index contributed by atoms with van der Waals surface area (Å²) in [6.07, 6.45) is 1.37. The van der Waals surface area contributed by atoms with Gasteiger partial charge in [-0.2, -0.15) is 0 Å². The zero-order valence-electron chi connectivity index (χ0n) is 10.8. The fraction of sp³-hybridized carbons (Fsp3) is 0.167. The molecule has 1 heterocycles. The number of hydrazine groups is 1. The summed E-state index contributed by atoms with van der Waals surface area (Å²) < 4.78 is 5.28. The number of nitrogen functional groups attached to an aromatic ring is 2. The van der Waals surface area contributed by atoms with Crippen LogP contribution in [0.4, 0.5) is 23.0 Å². The average Bonchev–Trinajstić information content (AvgIpc) is 2.41. The van der Waals surface area contributed by atoms with E-state index in [9.17, 15) is 0 Å². The van der Waals surface area contributed by atoms with Gasteiger partial charge in [-0.1, -0.05) is 6.07 Å². The highest BCUT2D eigenvalue weighted by atomic mass is 16.5. The van der Waals surface area contributed by atoms with Gasteiger partial charge in [0.1, 0.15) is 17.8 Å². The summed E-state index contributed by atoms with van der Waals surface area (Å²) in [7, 11) is 1.60. The second-order valence-electron chi connectivity index (χ2n) is 3.96. The molecule has 100 valence electrons. The third-order valence-corrected chi connectivity index (χ3v) is 2.63. The maximum absolute atomic E-state index is 5.90. The molecule has 6 N–H and O–H groups in total. The van der Waals surface area contributed by atoms with E-state index in [1.165, 1.54) is 6.33 Å². The van der Waals surface area contributed by atoms with E-state index in [-0.39, 0.29) is 0 Å². The molecule has 2 rings (SSSR count). The van der Waals surface area contributed by atoms with E-state index in [0.29, 0.717) is 23.1 Å². The predicted octanol–water partition coefficient (Wildman–Crippen LogP) is 1.41. The first-order valence-electron chi connectivity index (χ1n) is 5.64. The first-order chi connectivity index (χ1) is 9.15. The van der Waals surface area contributed by atoms with Crippen LogP contribution in [0.3, 0.4) is 0 Å². The van der Waals surface area contributed by atoms with Crippen molar-refractivity contribution in [2.24, 2.45) is 5.84 Å². The summed E-state index contributed by atoms with van der Waals surface area (Å²) >= 11 is 0. The highest BCUT2D eigenvalue weighted by Gasteiger charge is 2.10. The van der Waals surface area contributed by atoms with Crippen molar-refractivity contribution in [2.75, 3.05) is 23.6 Å². The first-order valence-corrected chi connectivity index (χ1v) is 5.64. The number of hydrogen-bond donors (Lipinski definition) is 4. The highest BCUT2D eigenvalue weighted by Crippen LogP contribution is 2.31. The Labute approximate surface area is 111 Å². The molecule has 1 aromatic carbocycles. The fourth-order valence-corrected chi connectivity index (χ4v) is 1.66. The van der Waals surface area contributed by atoms with Crippen molar-refractivity contribution in [1.29, 1.82) is 0 Å². The summed E-state index contributed by atoms with van der Waals surface area (Å²) in [5.41, 5.74) is 10.5. The van der Waals surface area contributed by atoms with E-state index in [2.05, 4.69) is 20.7 Å². The lowest BCUT2D eigenvalue weighted by molar-refractivity contribution is 0.416. The lowest BCUT2D eigenvalue weighted by Gasteiger charge is -2.13. The molecule has 0 atom stereocenters. The van der Waals surface area contributed by atoms with Gasteiger partial charge < -0.3 is 21.2 Å². The molecule has 0 saturated heterocycles. The molecule has 0 radical (unpaired) electrons. The molecule has 0 saturated carbocycles. The molecule has 7 heteroatoms. The normalized spacial score (nSPS) is 10.1. The van der Waals surface area contributed by atoms with Crippen LogP contribution in [0.2, 0.25) is 0 Å². The van der Waals surface area contributed by atoms with Gasteiger partial charge in [0, 0.05) is 0 Å². The molecule has 0 spiro atoms. The number of benzene rings is 1. The van der Waals surface area contributed by atoms with Gasteiger partial charge in [-0.25, -0.2) is 15.8 Å². The lowest BCUT2D eigenvalue weighted by atomic mass is 10.2. The van der Waals surface area contributed by atoms with Crippen LogP contribution in [0.5, 0.6) is 5.75 Å². The number of aryl methyl sites for hydroxylation is 1. The number of anilines is 4. The van der Waals surface area contributed by atoms with Gasteiger partial charge in [-0.3, -0.25) is 0 Å². The summed E-state index contributed by atoms with van der Waals surface area (Å²) in [5, 5.41) is 3.11. The Hall–Kier alpha value is -2.54. The SMILES string of the molecule is COc1ccc(C)cc1Nc1ncnc(NN)c1N. The number of nitrogens with zero attached hydrogens (tertiary/aromatic N) is 2. The summed E-state index contributed by atoms with van der Waals surface area (Å²) in [5.74, 6) is 6.85. The molecular formula is C12H16N6O. The monoisotopic (exact) mass is 260 g/mol. The highest BCUT2D eigenvalue weighted by molar-refractivity contribution is 5.79. The molecule has 0 fully saturated rings. The van der Waals surface area contributed by atoms with Crippen molar-refractivity contribution in [2.45, 2.75) is 6.92 Å². The molecule has 0 amide bonds. The van der Waals surface area contributed by atoms with Gasteiger partial charge in [0.05, 0.1) is 12.8 Å². The zero-order chi connectivity index (χ0) is 13.8. The molecule has 0 bridgehead atoms. The smallest absolute Gasteiger partial charge is 0.168 e. The minimum atomic E-state index is 0.341. The molecule has 0 aliphatic heterocycles. The van der Waals surface area contributed by atoms with E-state index in [1.54, 1.807) is 7.11 Å². The largest absolute Gasteiger partial charge is 0.495 e. The fourth-order valence-electron chi connectivity index (χ4n) is 1.66. The van der Waals surface area contributed by atoms with Crippen LogP contribution < -0.4 is 27.1 Å². The van der Waals surface area contributed by atoms with Crippen molar-refractivity contribution in [3.05, 3.63) is 30.1 Å². The van der Waals surface area contributed by atoms with Gasteiger partial charge in [0.2, 0.25) is 0 Å². The van der Waals surface area contributed by atoms with Gasteiger partial charge in [-0.15, -0.1) is 0 Å². The number of methoxy groups -OCH3 is 1. The van der Waals surface area contributed by atoms with E-state index in [0.717, 1.165) is 11.3 Å². The van der Waals surface area contributed by atoms with Crippen LogP contribution in [0.25, 0.3) is 0 Å². The maximum atomic E-state index is 5.90. The van der Waals surface area contributed by atoms with Crippen LogP contribution in [0.15, 0.2) is 24.5 Å². The lowest BCUT2D eigenvalue weighted by Crippen LogP contribution is -2.12. The van der Waals surface area contributed by atoms with Crippen LogP contribution in [-0.2, 0) is 0 Å². The maximum Gasteiger partial charge on any atom is 0.168 e. The molecular weight excluding hydrogens is 244 g/mol. The number of nitrogens with two attached hydrogens (primary N) is 2. The number of ether oxygens (including phenoxy) is 1. The third-order valence-electron chi connectivity index (χ3n) is 2.63. The molecule has 0 aliphatic carbocycles. The second-order valence-corrected chi connectivity index (χ2v) is 3.96. The number of aromatic nitrogens is 2. The Kier molecular flexibility index (Phi) is 3.67. The molecule has 0 aliphatic rings. The summed E-state index contributed by atoms with van der Waals surface area (Å²) in [4.78, 5) is 8.00. The topological polar surface area (TPSA) is 111 Å². The molecule has 7 nitrogen and oxygen atoms in total. The van der Waals surface area contributed by atoms with Crippen molar-refractivity contribution < 1.29 is 4.74 Å². The van der Waals surface area contributed by atoms with Crippen LogP contribution in [0, 0.1) is 6.92 Å². The number of rotatable bonds is 4. The van der Waals surface area contributed by atoms with Gasteiger partial charge in [-0.05, 0) is 24.6 Å². The molecule has 2 aromatic rings. The average molecular weight is 260 g/mol. The number of nitrogens with one attached hydrogen (secondary N) is 2. The minimum absolute atomic E-state index is 0.341. The Morgan fingerprint density at radius 3 is 2.63 bits per heavy atom. The Morgan fingerprint density at radius 2 is 1.95 bits per heavy atom. The standard InChI is InChI=1S/C12H16N6O/c1-7-3-4-9(19-2)8(5-7)17-11-10(13)12(18-14)16-6-15-11/h3-6H,13-14H2,1-2H3,(H2,15,16,17,18). The summed E-state index contributed by atoms with van der Waals surface area (Å²) in [6, 6.07) is 5.77. The van der Waals surface area contributed by atoms with Gasteiger partial charge in [0.15, 0.2) is 11.6 Å². The summed E-state index contributed by atoms with van der Waals surface area (Å²) in [6.45, 7) is 1.99. The van der Waals surface area contributed by atoms with Gasteiger partial charge in [0.25, 0.3) is 0 Å². The molecule has 0 unspecified atom stereocenters. The molecule has 1 aromatic heterocycles. The third kappa shape index (κ3) is 2.66. The molecule has 19 heavy (non-hydrogen) atoms. The van der Waals surface area contributed by atoms with Crippen LogP contribution >= 0.6 is 0 Å². The van der Waals surface area contributed by atoms with Crippen molar-refractivity contribution in [1.82, 2.24) is 9.97 Å². The minimum Gasteiger partial charge on any atom is -0.495 e. The first kappa shape index (κ1) is 12.9. The van der Waals surface area contributed by atoms with Crippen LogP contribution in [0.1, 0.15) is 5.56 Å². The second kappa shape index (κ2) is 5.40. The van der Waals surface area contributed by atoms with Crippen molar-refractivity contribution in [3.8, 4) is 5.75 Å². The Bertz CT molecular complexity index is 586. The van der Waals surface area contributed by atoms with E-state index in [4.69, 9.17) is 16.3 Å². The zero-order valence-corrected chi connectivity index (χ0v) is 10.8. The predicted molar refractivity (Wildman–Crippen MR) is 75.3 cm³/mol. The van der Waals surface area contributed by atoms with Gasteiger partial charge >= 0.3 is 0 Å². The Morgan fingerprint density at radius 1 is 1.21 bits per heavy atom. The van der Waals surface area contributed by atoms with E-state index in [1.807, 2.05) is 25.1 Å². The van der Waals surface area contributed by atoms with E-state index < -0.39 is 0 Å². The van der Waals surface area contributed by atoms with Crippen LogP contribution in [-0.4, -0.2) is 17.1 Å². The quantitative estimate of drug-likeness (QED) is 0.485.